The highest BCUT2D eigenvalue weighted by Crippen LogP contribution is 2.40. The summed E-state index contributed by atoms with van der Waals surface area (Å²) in [4.78, 5) is 4.35. The number of rotatable bonds is 0. The zero-order valence-corrected chi connectivity index (χ0v) is 7.53. The van der Waals surface area contributed by atoms with Crippen LogP contribution in [0, 0.1) is 10.4 Å². The second-order valence-electron chi connectivity index (χ2n) is 3.08. The van der Waals surface area contributed by atoms with Crippen LogP contribution in [-0.4, -0.2) is 0 Å². The van der Waals surface area contributed by atoms with Gasteiger partial charge in [-0.05, 0) is 0 Å². The lowest BCUT2D eigenvalue weighted by Gasteiger charge is -2.11. The van der Waals surface area contributed by atoms with Gasteiger partial charge in [0.25, 0.3) is 11.4 Å². The minimum absolute atomic E-state index is 0.0158. The Morgan fingerprint density at radius 1 is 0.733 bits per heavy atom. The minimum atomic E-state index is -0.856. The summed E-state index contributed by atoms with van der Waals surface area (Å²) in [6.07, 6.45) is 0. The highest BCUT2D eigenvalue weighted by Gasteiger charge is 2.37. The number of benzene rings is 1. The first-order chi connectivity index (χ1) is 6.95. The fraction of sp³-hybridized carbons (Fsp3) is 0. The van der Waals surface area contributed by atoms with Gasteiger partial charge >= 0.3 is 0 Å². The lowest BCUT2D eigenvalue weighted by Crippen LogP contribution is -3.15. The molecule has 0 fully saturated rings. The molecule has 1 heterocycles. The first kappa shape index (κ1) is 9.76. The molecule has 9 heteroatoms. The molecule has 1 aliphatic rings. The van der Waals surface area contributed by atoms with E-state index in [2.05, 4.69) is 4.94 Å². The van der Waals surface area contributed by atoms with E-state index in [0.717, 1.165) is 0 Å². The van der Waals surface area contributed by atoms with Crippen LogP contribution < -0.4 is 33.4 Å². The van der Waals surface area contributed by atoms with Gasteiger partial charge in [0.2, 0.25) is 0 Å². The van der Waals surface area contributed by atoms with Crippen LogP contribution in [0.5, 0.6) is 0 Å². The van der Waals surface area contributed by atoms with Crippen molar-refractivity contribution in [3.8, 4) is 0 Å². The molecule has 1 aromatic rings. The van der Waals surface area contributed by atoms with Crippen LogP contribution >= 0.6 is 0 Å². The number of nitrogens with one attached hydrogen (secondary N) is 2. The van der Waals surface area contributed by atoms with Gasteiger partial charge in [0.15, 0.2) is 0 Å². The summed E-state index contributed by atoms with van der Waals surface area (Å²) >= 11 is 0. The SMILES string of the molecule is Nc1c(N)c(N)c2c(c1N)[NH+]([O-])O[NH+]2[O-]. The van der Waals surface area contributed by atoms with Gasteiger partial charge in [-0.3, -0.25) is 0 Å². The Bertz CT molecular complexity index is 397. The highest BCUT2D eigenvalue weighted by molar-refractivity contribution is 5.99. The molecule has 0 radical (unpaired) electrons. The Morgan fingerprint density at radius 3 is 1.40 bits per heavy atom. The molecule has 9 nitrogen and oxygen atoms in total. The Balaban J connectivity index is 2.80. The molecule has 0 bridgehead atoms. The predicted molar refractivity (Wildman–Crippen MR) is 53.2 cm³/mol. The number of nitrogens with two attached hydrogens (primary N) is 4. The summed E-state index contributed by atoms with van der Waals surface area (Å²) in [6, 6.07) is 0. The summed E-state index contributed by atoms with van der Waals surface area (Å²) in [7, 11) is 0. The van der Waals surface area contributed by atoms with Gasteiger partial charge < -0.3 is 33.3 Å². The molecule has 2 unspecified atom stereocenters. The second-order valence-corrected chi connectivity index (χ2v) is 3.08. The maximum atomic E-state index is 11.2. The van der Waals surface area contributed by atoms with Crippen molar-refractivity contribution in [1.82, 2.24) is 0 Å². The monoisotopic (exact) mass is 214 g/mol. The van der Waals surface area contributed by atoms with Gasteiger partial charge in [0, 0.05) is 4.94 Å². The molecule has 82 valence electrons. The van der Waals surface area contributed by atoms with Crippen molar-refractivity contribution in [2.75, 3.05) is 22.9 Å². The smallest absolute Gasteiger partial charge is 0.261 e. The topological polar surface area (TPSA) is 168 Å². The molecule has 0 aromatic heterocycles. The van der Waals surface area contributed by atoms with Crippen LogP contribution in [0.15, 0.2) is 0 Å². The molecule has 10 N–H and O–H groups in total. The van der Waals surface area contributed by atoms with E-state index in [1.165, 1.54) is 0 Å². The Kier molecular flexibility index (Phi) is 1.86. The molecule has 1 aliphatic heterocycles. The molecular formula is C6H10N6O3. The number of hydrogen-bond acceptors (Lipinski definition) is 7. The number of quaternary nitrogens is 2. The van der Waals surface area contributed by atoms with E-state index in [4.69, 9.17) is 22.9 Å². The number of nitrogen functional groups attached to an aromatic ring is 4. The lowest BCUT2D eigenvalue weighted by molar-refractivity contribution is -1.24. The lowest BCUT2D eigenvalue weighted by atomic mass is 10.1. The number of hydrogen-bond donors (Lipinski definition) is 6. The van der Waals surface area contributed by atoms with Gasteiger partial charge in [-0.1, -0.05) is 0 Å². The maximum Gasteiger partial charge on any atom is 0.261 e. The van der Waals surface area contributed by atoms with E-state index >= 15 is 0 Å². The average molecular weight is 214 g/mol. The molecule has 0 saturated heterocycles. The predicted octanol–water partition coefficient (Wildman–Crippen LogP) is -3.10. The minimum Gasteiger partial charge on any atom is -0.590 e. The normalized spacial score (nSPS) is 24.1. The molecule has 0 amide bonds. The largest absolute Gasteiger partial charge is 0.590 e. The fourth-order valence-corrected chi connectivity index (χ4v) is 1.44. The standard InChI is InChI=1S/C6H10N6O3/c7-1-2(8)4(10)6-5(3(1)9)11(13)15-12(6)14/h11-12H,7-10H2. The van der Waals surface area contributed by atoms with E-state index in [1.807, 2.05) is 0 Å². The van der Waals surface area contributed by atoms with Crippen LogP contribution in [0.1, 0.15) is 0 Å². The van der Waals surface area contributed by atoms with E-state index in [0.29, 0.717) is 0 Å². The number of anilines is 4. The van der Waals surface area contributed by atoms with Crippen LogP contribution in [-0.2, 0) is 4.94 Å². The van der Waals surface area contributed by atoms with E-state index in [-0.39, 0.29) is 34.1 Å². The Morgan fingerprint density at radius 2 is 1.07 bits per heavy atom. The molecule has 15 heavy (non-hydrogen) atoms. The molecular weight excluding hydrogens is 204 g/mol. The molecule has 0 saturated carbocycles. The molecule has 0 spiro atoms. The summed E-state index contributed by atoms with van der Waals surface area (Å²) in [6.45, 7) is 0. The fourth-order valence-electron chi connectivity index (χ4n) is 1.44. The van der Waals surface area contributed by atoms with Crippen LogP contribution in [0.25, 0.3) is 0 Å². The van der Waals surface area contributed by atoms with Crippen molar-refractivity contribution in [1.29, 1.82) is 0 Å². The van der Waals surface area contributed by atoms with E-state index in [9.17, 15) is 10.4 Å². The summed E-state index contributed by atoms with van der Waals surface area (Å²) in [5.74, 6) is 0. The number of fused-ring (bicyclic) bond motifs is 1. The van der Waals surface area contributed by atoms with Gasteiger partial charge in [-0.25, -0.2) is 0 Å². The van der Waals surface area contributed by atoms with Crippen molar-refractivity contribution >= 4 is 34.1 Å². The third kappa shape index (κ3) is 1.09. The second kappa shape index (κ2) is 2.85. The van der Waals surface area contributed by atoms with E-state index in [1.54, 1.807) is 0 Å². The zero-order chi connectivity index (χ0) is 11.3. The highest BCUT2D eigenvalue weighted by atomic mass is 17.1. The molecule has 2 atom stereocenters. The average Bonchev–Trinajstić information content (AvgIpc) is 2.47. The molecule has 1 aromatic carbocycles. The quantitative estimate of drug-likeness (QED) is 0.196. The summed E-state index contributed by atoms with van der Waals surface area (Å²) in [5.41, 5.74) is 21.7. The first-order valence-corrected chi connectivity index (χ1v) is 3.97. The van der Waals surface area contributed by atoms with Crippen LogP contribution in [0.4, 0.5) is 34.1 Å². The van der Waals surface area contributed by atoms with Crippen LogP contribution in [0.3, 0.4) is 0 Å². The van der Waals surface area contributed by atoms with Crippen molar-refractivity contribution < 1.29 is 15.4 Å². The van der Waals surface area contributed by atoms with Crippen molar-refractivity contribution in [2.24, 2.45) is 0 Å². The van der Waals surface area contributed by atoms with Gasteiger partial charge in [0.05, 0.1) is 11.4 Å². The van der Waals surface area contributed by atoms with Crippen molar-refractivity contribution in [3.63, 3.8) is 0 Å². The molecule has 2 rings (SSSR count). The maximum absolute atomic E-state index is 11.2. The third-order valence-corrected chi connectivity index (χ3v) is 2.25. The Hall–Kier alpha value is -1.78. The Labute approximate surface area is 83.8 Å². The van der Waals surface area contributed by atoms with Gasteiger partial charge in [-0.2, -0.15) is 0 Å². The van der Waals surface area contributed by atoms with Gasteiger partial charge in [0.1, 0.15) is 11.4 Å². The van der Waals surface area contributed by atoms with Crippen LogP contribution in [0.2, 0.25) is 0 Å². The summed E-state index contributed by atoms with van der Waals surface area (Å²) < 4.78 is 0. The third-order valence-electron chi connectivity index (χ3n) is 2.25. The first-order valence-electron chi connectivity index (χ1n) is 3.97. The van der Waals surface area contributed by atoms with Gasteiger partial charge in [-0.15, -0.1) is 10.5 Å². The van der Waals surface area contributed by atoms with E-state index < -0.39 is 10.5 Å². The molecule has 0 aliphatic carbocycles. The van der Waals surface area contributed by atoms with Crippen molar-refractivity contribution in [3.05, 3.63) is 10.4 Å². The van der Waals surface area contributed by atoms with Crippen molar-refractivity contribution in [2.45, 2.75) is 0 Å². The summed E-state index contributed by atoms with van der Waals surface area (Å²) in [5, 5.41) is 20.8. The zero-order valence-electron chi connectivity index (χ0n) is 7.53.